The van der Waals surface area contributed by atoms with Crippen LogP contribution >= 0.6 is 11.3 Å². The Morgan fingerprint density at radius 2 is 1.89 bits per heavy atom. The van der Waals surface area contributed by atoms with Crippen LogP contribution in [-0.2, 0) is 4.79 Å². The maximum atomic E-state index is 13.0. The number of benzene rings is 2. The molecular formula is C27H30N4O3S. The number of hydrogen-bond donors (Lipinski definition) is 0. The molecule has 1 aromatic heterocycles. The van der Waals surface area contributed by atoms with Crippen molar-refractivity contribution in [1.29, 1.82) is 0 Å². The lowest BCUT2D eigenvalue weighted by Gasteiger charge is -2.37. The quantitative estimate of drug-likeness (QED) is 0.519. The Bertz CT molecular complexity index is 1190. The summed E-state index contributed by atoms with van der Waals surface area (Å²) in [4.78, 5) is 35.9. The van der Waals surface area contributed by atoms with Gasteiger partial charge in [-0.1, -0.05) is 30.3 Å². The molecule has 0 radical (unpaired) electrons. The van der Waals surface area contributed by atoms with Gasteiger partial charge in [0.2, 0.25) is 5.91 Å². The molecule has 2 aromatic carbocycles. The van der Waals surface area contributed by atoms with Crippen molar-refractivity contribution in [2.24, 2.45) is 0 Å². The summed E-state index contributed by atoms with van der Waals surface area (Å²) in [5, 5.41) is 2.37. The zero-order valence-electron chi connectivity index (χ0n) is 20.1. The van der Waals surface area contributed by atoms with E-state index in [1.165, 1.54) is 11.3 Å². The molecule has 0 aliphatic carbocycles. The van der Waals surface area contributed by atoms with E-state index in [0.29, 0.717) is 31.1 Å². The first-order valence-corrected chi connectivity index (χ1v) is 13.0. The fourth-order valence-corrected chi connectivity index (χ4v) is 5.44. The fraction of sp³-hybridized carbons (Fsp3) is 0.370. The lowest BCUT2D eigenvalue weighted by molar-refractivity contribution is -0.117. The van der Waals surface area contributed by atoms with Crippen molar-refractivity contribution in [2.75, 3.05) is 37.6 Å². The largest absolute Gasteiger partial charge is 0.490 e. The maximum Gasteiger partial charge on any atom is 0.282 e. The Labute approximate surface area is 209 Å². The number of para-hydroxylation sites is 1. The molecule has 0 N–H and O–H groups in total. The molecule has 2 aliphatic rings. The zero-order valence-corrected chi connectivity index (χ0v) is 20.9. The highest BCUT2D eigenvalue weighted by Gasteiger charge is 2.36. The summed E-state index contributed by atoms with van der Waals surface area (Å²) in [6.07, 6.45) is 2.24. The highest BCUT2D eigenvalue weighted by atomic mass is 32.1. The van der Waals surface area contributed by atoms with E-state index < -0.39 is 0 Å². The number of piperazine rings is 1. The van der Waals surface area contributed by atoms with Crippen LogP contribution in [0, 0.1) is 0 Å². The van der Waals surface area contributed by atoms with E-state index in [0.717, 1.165) is 35.7 Å². The summed E-state index contributed by atoms with van der Waals surface area (Å²) < 4.78 is 6.01. The molecule has 2 saturated heterocycles. The summed E-state index contributed by atoms with van der Waals surface area (Å²) >= 11 is 1.38. The van der Waals surface area contributed by atoms with Gasteiger partial charge >= 0.3 is 0 Å². The van der Waals surface area contributed by atoms with Crippen LogP contribution in [0.15, 0.2) is 60.1 Å². The summed E-state index contributed by atoms with van der Waals surface area (Å²) in [5.41, 5.74) is 2.96. The van der Waals surface area contributed by atoms with E-state index in [1.807, 2.05) is 59.4 Å². The average Bonchev–Trinajstić information content (AvgIpc) is 3.54. The van der Waals surface area contributed by atoms with Gasteiger partial charge in [-0.25, -0.2) is 4.98 Å². The third-order valence-electron chi connectivity index (χ3n) is 6.56. The van der Waals surface area contributed by atoms with Crippen LogP contribution in [-0.4, -0.2) is 71.5 Å². The molecule has 0 saturated carbocycles. The van der Waals surface area contributed by atoms with Crippen LogP contribution in [0.1, 0.15) is 30.1 Å². The Balaban J connectivity index is 1.26. The van der Waals surface area contributed by atoms with E-state index in [1.54, 1.807) is 6.20 Å². The number of nitrogens with zero attached hydrogens (tertiary/aromatic N) is 4. The van der Waals surface area contributed by atoms with Crippen molar-refractivity contribution in [3.63, 3.8) is 0 Å². The number of aromatic nitrogens is 1. The van der Waals surface area contributed by atoms with Crippen LogP contribution in [0.5, 0.6) is 5.75 Å². The molecule has 3 aromatic rings. The summed E-state index contributed by atoms with van der Waals surface area (Å²) in [7, 11) is 0. The third kappa shape index (κ3) is 5.09. The van der Waals surface area contributed by atoms with Gasteiger partial charge < -0.3 is 14.5 Å². The third-order valence-corrected chi connectivity index (χ3v) is 7.32. The predicted molar refractivity (Wildman–Crippen MR) is 138 cm³/mol. The van der Waals surface area contributed by atoms with Crippen molar-refractivity contribution in [3.8, 4) is 16.9 Å². The first-order valence-electron chi connectivity index (χ1n) is 12.1. The van der Waals surface area contributed by atoms with Gasteiger partial charge in [-0.05, 0) is 37.6 Å². The molecule has 182 valence electrons. The molecular weight excluding hydrogens is 460 g/mol. The van der Waals surface area contributed by atoms with Crippen LogP contribution in [0.3, 0.4) is 0 Å². The molecule has 8 heteroatoms. The van der Waals surface area contributed by atoms with Gasteiger partial charge in [0, 0.05) is 68.0 Å². The van der Waals surface area contributed by atoms with Crippen molar-refractivity contribution in [2.45, 2.75) is 32.4 Å². The van der Waals surface area contributed by atoms with E-state index in [9.17, 15) is 9.59 Å². The fourth-order valence-electron chi connectivity index (χ4n) is 4.84. The minimum atomic E-state index is 0.00215. The zero-order chi connectivity index (χ0) is 24.4. The maximum absolute atomic E-state index is 13.0. The molecule has 5 rings (SSSR count). The number of carbonyl (C=O) groups is 2. The van der Waals surface area contributed by atoms with Crippen LogP contribution in [0.2, 0.25) is 0 Å². The average molecular weight is 491 g/mol. The molecule has 2 amide bonds. The van der Waals surface area contributed by atoms with Crippen LogP contribution in [0.4, 0.5) is 5.69 Å². The number of ether oxygens (including phenoxy) is 1. The SMILES string of the molecule is CC(C)Oc1ccccc1-c1cccc(N2CC(N3CCN(C(=O)c4nccs4)CC3)CC2=O)c1. The first-order chi connectivity index (χ1) is 17.0. The van der Waals surface area contributed by atoms with Crippen molar-refractivity contribution in [1.82, 2.24) is 14.8 Å². The minimum absolute atomic E-state index is 0.00215. The standard InChI is InChI=1S/C27H30N4O3S/c1-19(2)34-24-9-4-3-8-23(24)20-6-5-7-21(16-20)31-18-22(17-25(31)32)29-11-13-30(14-12-29)27(33)26-28-10-15-35-26/h3-10,15-16,19,22H,11-14,17-18H2,1-2H3. The normalized spacial score (nSPS) is 18.9. The number of anilines is 1. The topological polar surface area (TPSA) is 66.0 Å². The van der Waals surface area contributed by atoms with Gasteiger partial charge in [-0.15, -0.1) is 11.3 Å². The summed E-state index contributed by atoms with van der Waals surface area (Å²) in [5.74, 6) is 0.984. The summed E-state index contributed by atoms with van der Waals surface area (Å²) in [6, 6.07) is 16.3. The second-order valence-electron chi connectivity index (χ2n) is 9.24. The van der Waals surface area contributed by atoms with E-state index >= 15 is 0 Å². The smallest absolute Gasteiger partial charge is 0.282 e. The Morgan fingerprint density at radius 1 is 1.09 bits per heavy atom. The van der Waals surface area contributed by atoms with E-state index in [2.05, 4.69) is 28.1 Å². The number of hydrogen-bond acceptors (Lipinski definition) is 6. The van der Waals surface area contributed by atoms with Crippen LogP contribution in [0.25, 0.3) is 11.1 Å². The Morgan fingerprint density at radius 3 is 2.63 bits per heavy atom. The second kappa shape index (κ2) is 10.2. The number of carbonyl (C=O) groups excluding carboxylic acids is 2. The molecule has 1 unspecified atom stereocenters. The number of thiazole rings is 1. The Hall–Kier alpha value is -3.23. The van der Waals surface area contributed by atoms with Crippen molar-refractivity contribution < 1.29 is 14.3 Å². The molecule has 1 atom stereocenters. The molecule has 2 aliphatic heterocycles. The van der Waals surface area contributed by atoms with E-state index in [-0.39, 0.29) is 24.0 Å². The monoisotopic (exact) mass is 490 g/mol. The lowest BCUT2D eigenvalue weighted by Crippen LogP contribution is -2.52. The number of amides is 2. The predicted octanol–water partition coefficient (Wildman–Crippen LogP) is 4.16. The van der Waals surface area contributed by atoms with Gasteiger partial charge in [-0.3, -0.25) is 14.5 Å². The highest BCUT2D eigenvalue weighted by Crippen LogP contribution is 2.34. The molecule has 7 nitrogen and oxygen atoms in total. The number of rotatable bonds is 6. The molecule has 0 spiro atoms. The molecule has 3 heterocycles. The second-order valence-corrected chi connectivity index (χ2v) is 10.1. The van der Waals surface area contributed by atoms with Crippen molar-refractivity contribution in [3.05, 3.63) is 65.1 Å². The summed E-state index contributed by atoms with van der Waals surface area (Å²) in [6.45, 7) is 7.55. The Kier molecular flexibility index (Phi) is 6.83. The van der Waals surface area contributed by atoms with Crippen molar-refractivity contribution >= 4 is 28.8 Å². The lowest BCUT2D eigenvalue weighted by atomic mass is 10.0. The van der Waals surface area contributed by atoms with Gasteiger partial charge in [0.05, 0.1) is 6.10 Å². The van der Waals surface area contributed by atoms with Gasteiger partial charge in [0.25, 0.3) is 5.91 Å². The first kappa shape index (κ1) is 23.5. The molecule has 35 heavy (non-hydrogen) atoms. The van der Waals surface area contributed by atoms with Gasteiger partial charge in [0.1, 0.15) is 5.75 Å². The highest BCUT2D eigenvalue weighted by molar-refractivity contribution is 7.11. The van der Waals surface area contributed by atoms with E-state index in [4.69, 9.17) is 4.74 Å². The minimum Gasteiger partial charge on any atom is -0.490 e. The van der Waals surface area contributed by atoms with Gasteiger partial charge in [-0.2, -0.15) is 0 Å². The van der Waals surface area contributed by atoms with Crippen LogP contribution < -0.4 is 9.64 Å². The van der Waals surface area contributed by atoms with Gasteiger partial charge in [0.15, 0.2) is 5.01 Å². The molecule has 0 bridgehead atoms. The molecule has 2 fully saturated rings.